The van der Waals surface area contributed by atoms with Crippen molar-refractivity contribution in [2.75, 3.05) is 16.7 Å². The van der Waals surface area contributed by atoms with Gasteiger partial charge in [-0.05, 0) is 38.0 Å². The monoisotopic (exact) mass is 430 g/mol. The van der Waals surface area contributed by atoms with Crippen molar-refractivity contribution in [3.05, 3.63) is 18.2 Å². The van der Waals surface area contributed by atoms with E-state index in [1.54, 1.807) is 6.92 Å². The van der Waals surface area contributed by atoms with Crippen LogP contribution in [0.1, 0.15) is 51.9 Å². The fraction of sp³-hybridized carbons (Fsp3) is 0.611. The lowest BCUT2D eigenvalue weighted by Gasteiger charge is -2.20. The van der Waals surface area contributed by atoms with E-state index in [1.165, 1.54) is 18.2 Å². The van der Waals surface area contributed by atoms with Gasteiger partial charge >= 0.3 is 0 Å². The highest BCUT2D eigenvalue weighted by Crippen LogP contribution is 2.33. The molecule has 1 heterocycles. The topological polar surface area (TPSA) is 110 Å². The predicted molar refractivity (Wildman–Crippen MR) is 105 cm³/mol. The first kappa shape index (κ1) is 21.1. The summed E-state index contributed by atoms with van der Waals surface area (Å²) in [5.74, 6) is -0.706. The van der Waals surface area contributed by atoms with E-state index in [-0.39, 0.29) is 41.2 Å². The van der Waals surface area contributed by atoms with Gasteiger partial charge in [-0.1, -0.05) is 25.7 Å². The Morgan fingerprint density at radius 3 is 2.43 bits per heavy atom. The maximum atomic E-state index is 13.1. The molecule has 1 amide bonds. The highest BCUT2D eigenvalue weighted by atomic mass is 32.2. The fourth-order valence-corrected chi connectivity index (χ4v) is 6.58. The zero-order valence-electron chi connectivity index (χ0n) is 15.9. The molecule has 1 aromatic carbocycles. The molecule has 0 radical (unpaired) electrons. The molecule has 1 saturated carbocycles. The van der Waals surface area contributed by atoms with Gasteiger partial charge in [0.25, 0.3) is 0 Å². The smallest absolute Gasteiger partial charge is 0.244 e. The Morgan fingerprint density at radius 2 is 1.86 bits per heavy atom. The van der Waals surface area contributed by atoms with E-state index in [9.17, 15) is 21.6 Å². The van der Waals surface area contributed by atoms with Crippen LogP contribution < -0.4 is 13.8 Å². The number of carbonyl (C=O) groups excluding carboxylic acids is 1. The lowest BCUT2D eigenvalue weighted by atomic mass is 10.1. The Balaban J connectivity index is 1.98. The van der Waals surface area contributed by atoms with E-state index in [2.05, 4.69) is 4.72 Å². The average molecular weight is 431 g/mol. The van der Waals surface area contributed by atoms with Crippen molar-refractivity contribution in [1.29, 1.82) is 0 Å². The third-order valence-electron chi connectivity index (χ3n) is 5.01. The quantitative estimate of drug-likeness (QED) is 0.693. The van der Waals surface area contributed by atoms with E-state index in [0.29, 0.717) is 4.31 Å². The van der Waals surface area contributed by atoms with E-state index in [4.69, 9.17) is 4.74 Å². The summed E-state index contributed by atoms with van der Waals surface area (Å²) >= 11 is 0. The summed E-state index contributed by atoms with van der Waals surface area (Å²) in [5, 5.41) is 0. The third-order valence-corrected chi connectivity index (χ3v) is 8.24. The van der Waals surface area contributed by atoms with Crippen molar-refractivity contribution in [1.82, 2.24) is 4.72 Å². The maximum absolute atomic E-state index is 13.1. The highest BCUT2D eigenvalue weighted by molar-refractivity contribution is 7.94. The first-order valence-corrected chi connectivity index (χ1v) is 12.7. The number of amides is 1. The normalized spacial score (nSPS) is 20.9. The van der Waals surface area contributed by atoms with E-state index in [1.807, 2.05) is 0 Å². The maximum Gasteiger partial charge on any atom is 0.244 e. The summed E-state index contributed by atoms with van der Waals surface area (Å²) in [5.41, 5.74) is 0.0206. The van der Waals surface area contributed by atoms with Crippen LogP contribution in [-0.2, 0) is 24.8 Å². The van der Waals surface area contributed by atoms with Crippen molar-refractivity contribution in [2.45, 2.75) is 62.8 Å². The summed E-state index contributed by atoms with van der Waals surface area (Å²) in [4.78, 5) is 11.9. The number of hydrogen-bond donors (Lipinski definition) is 1. The number of hydrogen-bond acceptors (Lipinski definition) is 6. The van der Waals surface area contributed by atoms with Gasteiger partial charge in [-0.15, -0.1) is 0 Å². The van der Waals surface area contributed by atoms with Crippen LogP contribution in [0, 0.1) is 0 Å². The number of rotatable bonds is 6. The fourth-order valence-electron chi connectivity index (χ4n) is 3.66. The van der Waals surface area contributed by atoms with Crippen LogP contribution in [0.15, 0.2) is 23.1 Å². The molecule has 1 aromatic rings. The molecule has 10 heteroatoms. The van der Waals surface area contributed by atoms with Gasteiger partial charge in [0.2, 0.25) is 26.0 Å². The largest absolute Gasteiger partial charge is 0.492 e. The van der Waals surface area contributed by atoms with Crippen molar-refractivity contribution >= 4 is 31.6 Å². The summed E-state index contributed by atoms with van der Waals surface area (Å²) in [6.07, 6.45) is 5.53. The van der Waals surface area contributed by atoms with Crippen LogP contribution in [0.2, 0.25) is 0 Å². The van der Waals surface area contributed by atoms with Gasteiger partial charge in [-0.2, -0.15) is 0 Å². The molecule has 8 nitrogen and oxygen atoms in total. The molecule has 0 atom stereocenters. The van der Waals surface area contributed by atoms with E-state index in [0.717, 1.165) is 38.5 Å². The Morgan fingerprint density at radius 1 is 1.18 bits per heavy atom. The number of ether oxygens (including phenoxy) is 1. The molecule has 2 fully saturated rings. The Bertz CT molecular complexity index is 935. The molecule has 0 unspecified atom stereocenters. The van der Waals surface area contributed by atoms with E-state index >= 15 is 0 Å². The standard InChI is InChI=1S/C18H26N2O6S2/c1-2-26-16-10-9-15(20-18(21)11-12-27(20,22)23)13-17(16)28(24,25)19-14-7-5-3-4-6-8-14/h9-10,13-14,19H,2-8,11-12H2,1H3. The molecule has 0 bridgehead atoms. The Hall–Kier alpha value is -1.65. The minimum absolute atomic E-state index is 0.0206. The van der Waals surface area contributed by atoms with Crippen molar-refractivity contribution in [2.24, 2.45) is 0 Å². The molecule has 1 N–H and O–H groups in total. The van der Waals surface area contributed by atoms with Crippen LogP contribution in [0.4, 0.5) is 5.69 Å². The van der Waals surface area contributed by atoms with Crippen LogP contribution >= 0.6 is 0 Å². The lowest BCUT2D eigenvalue weighted by molar-refractivity contribution is -0.116. The van der Waals surface area contributed by atoms with Gasteiger partial charge in [0.1, 0.15) is 10.6 Å². The van der Waals surface area contributed by atoms with Crippen molar-refractivity contribution in [3.8, 4) is 5.75 Å². The van der Waals surface area contributed by atoms with E-state index < -0.39 is 26.0 Å². The number of carbonyl (C=O) groups is 1. The minimum Gasteiger partial charge on any atom is -0.492 e. The minimum atomic E-state index is -3.94. The highest BCUT2D eigenvalue weighted by Gasteiger charge is 2.37. The summed E-state index contributed by atoms with van der Waals surface area (Å²) in [6.45, 7) is 1.99. The molecule has 0 spiro atoms. The average Bonchev–Trinajstić information content (AvgIpc) is 2.79. The molecule has 1 saturated heterocycles. The molecule has 0 aromatic heterocycles. The summed E-state index contributed by atoms with van der Waals surface area (Å²) in [7, 11) is -7.72. The number of anilines is 1. The predicted octanol–water partition coefficient (Wildman–Crippen LogP) is 2.15. The Labute approximate surface area is 166 Å². The van der Waals surface area contributed by atoms with Crippen LogP contribution in [0.5, 0.6) is 5.75 Å². The second-order valence-electron chi connectivity index (χ2n) is 7.10. The van der Waals surface area contributed by atoms with Gasteiger partial charge < -0.3 is 4.74 Å². The van der Waals surface area contributed by atoms with Crippen LogP contribution in [-0.4, -0.2) is 41.1 Å². The number of nitrogens with one attached hydrogen (secondary N) is 1. The third kappa shape index (κ3) is 4.49. The Kier molecular flexibility index (Phi) is 6.31. The number of benzene rings is 1. The second-order valence-corrected chi connectivity index (χ2v) is 10.7. The number of sulfonamides is 2. The van der Waals surface area contributed by atoms with Crippen molar-refractivity contribution < 1.29 is 26.4 Å². The van der Waals surface area contributed by atoms with Gasteiger partial charge in [-0.25, -0.2) is 25.9 Å². The number of nitrogens with zero attached hydrogens (tertiary/aromatic N) is 1. The molecular weight excluding hydrogens is 404 g/mol. The molecule has 1 aliphatic carbocycles. The first-order chi connectivity index (χ1) is 13.2. The second kappa shape index (κ2) is 8.38. The molecule has 28 heavy (non-hydrogen) atoms. The molecule has 3 rings (SSSR count). The zero-order chi connectivity index (χ0) is 20.4. The molecule has 156 valence electrons. The van der Waals surface area contributed by atoms with Crippen LogP contribution in [0.25, 0.3) is 0 Å². The first-order valence-electron chi connectivity index (χ1n) is 9.59. The van der Waals surface area contributed by atoms with Gasteiger partial charge in [-0.3, -0.25) is 4.79 Å². The van der Waals surface area contributed by atoms with Gasteiger partial charge in [0.05, 0.1) is 18.0 Å². The summed E-state index contributed by atoms with van der Waals surface area (Å²) in [6, 6.07) is 3.85. The molecule has 1 aliphatic heterocycles. The van der Waals surface area contributed by atoms with Crippen molar-refractivity contribution in [3.63, 3.8) is 0 Å². The SMILES string of the molecule is CCOc1ccc(N2C(=O)CCS2(=O)=O)cc1S(=O)(=O)NC1CCCCCC1. The molecular formula is C18H26N2O6S2. The van der Waals surface area contributed by atoms with Gasteiger partial charge in [0, 0.05) is 12.5 Å². The van der Waals surface area contributed by atoms with Crippen LogP contribution in [0.3, 0.4) is 0 Å². The lowest BCUT2D eigenvalue weighted by Crippen LogP contribution is -2.35. The zero-order valence-corrected chi connectivity index (χ0v) is 17.5. The van der Waals surface area contributed by atoms with Gasteiger partial charge in [0.15, 0.2) is 0 Å². The molecule has 2 aliphatic rings. The summed E-state index contributed by atoms with van der Waals surface area (Å²) < 4.78 is 59.5.